The summed E-state index contributed by atoms with van der Waals surface area (Å²) < 4.78 is 0. The van der Waals surface area contributed by atoms with Gasteiger partial charge in [0.25, 0.3) is 0 Å². The Morgan fingerprint density at radius 2 is 1.78 bits per heavy atom. The summed E-state index contributed by atoms with van der Waals surface area (Å²) in [5.41, 5.74) is 6.88. The predicted molar refractivity (Wildman–Crippen MR) is 115 cm³/mol. The number of rotatable bonds is 6. The van der Waals surface area contributed by atoms with Crippen LogP contribution in [-0.4, -0.2) is 59.9 Å². The zero-order valence-corrected chi connectivity index (χ0v) is 17.4. The maximum absolute atomic E-state index is 9.98. The van der Waals surface area contributed by atoms with Gasteiger partial charge in [-0.05, 0) is 37.1 Å². The highest BCUT2D eigenvalue weighted by Crippen LogP contribution is 2.24. The van der Waals surface area contributed by atoms with Gasteiger partial charge in [0, 0.05) is 43.2 Å². The SMILES string of the molecule is CC.NC(O)C(CCN1CCN(C2C=CC=CC2)CC1)c1ccc(Cl)cc1. The Labute approximate surface area is 169 Å². The van der Waals surface area contributed by atoms with E-state index in [4.69, 9.17) is 17.3 Å². The summed E-state index contributed by atoms with van der Waals surface area (Å²) in [7, 11) is 0. The molecule has 1 heterocycles. The fourth-order valence-electron chi connectivity index (χ4n) is 3.72. The van der Waals surface area contributed by atoms with E-state index in [1.54, 1.807) is 0 Å². The number of piperazine rings is 1. The maximum atomic E-state index is 9.98. The Morgan fingerprint density at radius 1 is 1.11 bits per heavy atom. The molecule has 0 radical (unpaired) electrons. The topological polar surface area (TPSA) is 52.7 Å². The first-order valence-electron chi connectivity index (χ1n) is 10.1. The minimum Gasteiger partial charge on any atom is -0.378 e. The molecule has 0 amide bonds. The van der Waals surface area contributed by atoms with Crippen molar-refractivity contribution in [2.24, 2.45) is 5.73 Å². The highest BCUT2D eigenvalue weighted by Gasteiger charge is 2.24. The van der Waals surface area contributed by atoms with Crippen molar-refractivity contribution in [2.45, 2.75) is 44.9 Å². The van der Waals surface area contributed by atoms with Crippen LogP contribution in [0.5, 0.6) is 0 Å². The lowest BCUT2D eigenvalue weighted by Crippen LogP contribution is -2.50. The number of hydrogen-bond donors (Lipinski definition) is 2. The fraction of sp³-hybridized carbons (Fsp3) is 0.545. The van der Waals surface area contributed by atoms with Crippen LogP contribution in [0.25, 0.3) is 0 Å². The van der Waals surface area contributed by atoms with Crippen molar-refractivity contribution in [2.75, 3.05) is 32.7 Å². The number of aliphatic hydroxyl groups is 1. The van der Waals surface area contributed by atoms with Crippen molar-refractivity contribution >= 4 is 11.6 Å². The second-order valence-corrected chi connectivity index (χ2v) is 7.37. The molecule has 0 aromatic heterocycles. The van der Waals surface area contributed by atoms with Crippen LogP contribution in [0, 0.1) is 0 Å². The third-order valence-electron chi connectivity index (χ3n) is 5.30. The zero-order valence-electron chi connectivity index (χ0n) is 16.6. The Bertz CT molecular complexity index is 592. The summed E-state index contributed by atoms with van der Waals surface area (Å²) in [6.45, 7) is 9.29. The lowest BCUT2D eigenvalue weighted by atomic mass is 9.94. The van der Waals surface area contributed by atoms with Crippen molar-refractivity contribution in [3.8, 4) is 0 Å². The standard InChI is InChI=1S/C20H28ClN3O.C2H6/c21-17-8-6-16(7-9-17)19(20(22)25)10-11-23-12-14-24(15-13-23)18-4-2-1-3-5-18;1-2/h1-4,6-9,18-20,25H,5,10-15,22H2;1-2H3. The van der Waals surface area contributed by atoms with Crippen LogP contribution in [0.4, 0.5) is 0 Å². The minimum absolute atomic E-state index is 0.0540. The van der Waals surface area contributed by atoms with Crippen molar-refractivity contribution < 1.29 is 5.11 Å². The third kappa shape index (κ3) is 6.74. The lowest BCUT2D eigenvalue weighted by molar-refractivity contribution is 0.0972. The van der Waals surface area contributed by atoms with E-state index in [-0.39, 0.29) is 5.92 Å². The molecule has 3 N–H and O–H groups in total. The molecular formula is C22H34ClN3O. The van der Waals surface area contributed by atoms with Crippen molar-refractivity contribution in [3.63, 3.8) is 0 Å². The van der Waals surface area contributed by atoms with Gasteiger partial charge in [0.1, 0.15) is 6.23 Å². The summed E-state index contributed by atoms with van der Waals surface area (Å²) >= 11 is 5.96. The number of nitrogens with zero attached hydrogens (tertiary/aromatic N) is 2. The molecule has 0 bridgehead atoms. The molecule has 2 aliphatic rings. The van der Waals surface area contributed by atoms with Crippen molar-refractivity contribution in [1.82, 2.24) is 9.80 Å². The number of nitrogens with two attached hydrogens (primary N) is 1. The van der Waals surface area contributed by atoms with Crippen LogP contribution in [0.2, 0.25) is 5.02 Å². The molecule has 27 heavy (non-hydrogen) atoms. The monoisotopic (exact) mass is 391 g/mol. The average molecular weight is 392 g/mol. The van der Waals surface area contributed by atoms with Gasteiger partial charge < -0.3 is 15.7 Å². The second-order valence-electron chi connectivity index (χ2n) is 6.93. The van der Waals surface area contributed by atoms with E-state index in [2.05, 4.69) is 34.1 Å². The lowest BCUT2D eigenvalue weighted by Gasteiger charge is -2.39. The molecule has 3 unspecified atom stereocenters. The van der Waals surface area contributed by atoms with Crippen LogP contribution in [0.3, 0.4) is 0 Å². The molecule has 5 heteroatoms. The van der Waals surface area contributed by atoms with Gasteiger partial charge in [0.15, 0.2) is 0 Å². The number of allylic oxidation sites excluding steroid dienone is 2. The average Bonchev–Trinajstić information content (AvgIpc) is 2.72. The highest BCUT2D eigenvalue weighted by atomic mass is 35.5. The van der Waals surface area contributed by atoms with E-state index < -0.39 is 6.23 Å². The molecule has 1 aliphatic heterocycles. The van der Waals surface area contributed by atoms with Gasteiger partial charge >= 0.3 is 0 Å². The van der Waals surface area contributed by atoms with Crippen LogP contribution in [0.1, 0.15) is 38.2 Å². The summed E-state index contributed by atoms with van der Waals surface area (Å²) in [6, 6.07) is 8.20. The molecule has 1 saturated heterocycles. The Morgan fingerprint density at radius 3 is 2.33 bits per heavy atom. The van der Waals surface area contributed by atoms with Crippen LogP contribution in [-0.2, 0) is 0 Å². The highest BCUT2D eigenvalue weighted by molar-refractivity contribution is 6.30. The van der Waals surface area contributed by atoms with Crippen LogP contribution in [0.15, 0.2) is 48.6 Å². The molecule has 0 saturated carbocycles. The normalized spacial score (nSPS) is 22.8. The summed E-state index contributed by atoms with van der Waals surface area (Å²) in [5.74, 6) is -0.0540. The molecule has 4 nitrogen and oxygen atoms in total. The first kappa shape index (κ1) is 22.1. The number of benzene rings is 1. The fourth-order valence-corrected chi connectivity index (χ4v) is 3.85. The summed E-state index contributed by atoms with van der Waals surface area (Å²) in [5, 5.41) is 10.7. The van der Waals surface area contributed by atoms with E-state index in [0.717, 1.165) is 51.1 Å². The predicted octanol–water partition coefficient (Wildman–Crippen LogP) is 3.62. The zero-order chi connectivity index (χ0) is 19.6. The maximum Gasteiger partial charge on any atom is 0.109 e. The first-order valence-corrected chi connectivity index (χ1v) is 10.5. The minimum atomic E-state index is -0.846. The van der Waals surface area contributed by atoms with Gasteiger partial charge in [-0.1, -0.05) is 61.9 Å². The largest absolute Gasteiger partial charge is 0.378 e. The summed E-state index contributed by atoms with van der Waals surface area (Å²) in [4.78, 5) is 5.04. The van der Waals surface area contributed by atoms with E-state index in [9.17, 15) is 5.11 Å². The van der Waals surface area contributed by atoms with E-state index in [1.807, 2.05) is 38.1 Å². The van der Waals surface area contributed by atoms with Crippen LogP contribution >= 0.6 is 11.6 Å². The third-order valence-corrected chi connectivity index (χ3v) is 5.55. The molecule has 1 aromatic carbocycles. The first-order chi connectivity index (χ1) is 13.1. The Hall–Kier alpha value is -1.17. The van der Waals surface area contributed by atoms with Crippen molar-refractivity contribution in [1.29, 1.82) is 0 Å². The quantitative estimate of drug-likeness (QED) is 0.727. The molecule has 3 atom stereocenters. The molecule has 1 aromatic rings. The molecule has 0 spiro atoms. The van der Waals surface area contributed by atoms with Crippen LogP contribution < -0.4 is 5.73 Å². The van der Waals surface area contributed by atoms with E-state index in [1.165, 1.54) is 0 Å². The van der Waals surface area contributed by atoms with Gasteiger partial charge in [-0.3, -0.25) is 4.90 Å². The second kappa shape index (κ2) is 11.6. The van der Waals surface area contributed by atoms with Gasteiger partial charge in [0.05, 0.1) is 0 Å². The Kier molecular flexibility index (Phi) is 9.52. The Balaban J connectivity index is 0.00000126. The van der Waals surface area contributed by atoms with Gasteiger partial charge in [-0.25, -0.2) is 0 Å². The molecule has 1 fully saturated rings. The van der Waals surface area contributed by atoms with E-state index >= 15 is 0 Å². The van der Waals surface area contributed by atoms with Crippen molar-refractivity contribution in [3.05, 3.63) is 59.2 Å². The molecule has 1 aliphatic carbocycles. The number of hydrogen-bond acceptors (Lipinski definition) is 4. The number of aliphatic hydroxyl groups excluding tert-OH is 1. The molecule has 150 valence electrons. The smallest absolute Gasteiger partial charge is 0.109 e. The van der Waals surface area contributed by atoms with E-state index in [0.29, 0.717) is 11.1 Å². The molecular weight excluding hydrogens is 358 g/mol. The number of halogens is 1. The van der Waals surface area contributed by atoms with Gasteiger partial charge in [0.2, 0.25) is 0 Å². The van der Waals surface area contributed by atoms with Gasteiger partial charge in [-0.2, -0.15) is 0 Å². The molecule has 3 rings (SSSR count). The van der Waals surface area contributed by atoms with Gasteiger partial charge in [-0.15, -0.1) is 0 Å². The summed E-state index contributed by atoms with van der Waals surface area (Å²) in [6.07, 6.45) is 9.95.